The third-order valence-corrected chi connectivity index (χ3v) is 2.98. The summed E-state index contributed by atoms with van der Waals surface area (Å²) >= 11 is 0. The molecule has 1 heterocycles. The highest BCUT2D eigenvalue weighted by Crippen LogP contribution is 2.06. The van der Waals surface area contributed by atoms with Crippen LogP contribution in [-0.2, 0) is 11.3 Å². The second kappa shape index (κ2) is 7.86. The Hall–Kier alpha value is -1.46. The molecule has 1 aromatic rings. The van der Waals surface area contributed by atoms with Gasteiger partial charge < -0.3 is 15.5 Å². The van der Waals surface area contributed by atoms with Crippen molar-refractivity contribution >= 4 is 5.91 Å². The van der Waals surface area contributed by atoms with Gasteiger partial charge >= 0.3 is 0 Å². The van der Waals surface area contributed by atoms with E-state index in [-0.39, 0.29) is 5.91 Å². The van der Waals surface area contributed by atoms with Crippen LogP contribution in [0.4, 0.5) is 0 Å². The summed E-state index contributed by atoms with van der Waals surface area (Å²) in [5, 5.41) is 0. The largest absolute Gasteiger partial charge is 0.336 e. The van der Waals surface area contributed by atoms with Crippen LogP contribution in [0, 0.1) is 0 Å². The number of hydrogen-bond acceptors (Lipinski definition) is 4. The molecular weight excluding hydrogens is 240 g/mol. The second-order valence-corrected chi connectivity index (χ2v) is 4.94. The Morgan fingerprint density at radius 1 is 1.42 bits per heavy atom. The van der Waals surface area contributed by atoms with Crippen molar-refractivity contribution in [3.8, 4) is 0 Å². The molecule has 0 aliphatic rings. The number of rotatable bonds is 7. The summed E-state index contributed by atoms with van der Waals surface area (Å²) in [7, 11) is 3.99. The quantitative estimate of drug-likeness (QED) is 0.788. The van der Waals surface area contributed by atoms with Gasteiger partial charge in [0, 0.05) is 32.0 Å². The minimum atomic E-state index is -0.418. The smallest absolute Gasteiger partial charge is 0.239 e. The van der Waals surface area contributed by atoms with Gasteiger partial charge in [-0.1, -0.05) is 13.0 Å². The van der Waals surface area contributed by atoms with Crippen LogP contribution in [0.5, 0.6) is 0 Å². The maximum Gasteiger partial charge on any atom is 0.239 e. The molecule has 19 heavy (non-hydrogen) atoms. The van der Waals surface area contributed by atoms with Gasteiger partial charge in [0.1, 0.15) is 0 Å². The summed E-state index contributed by atoms with van der Waals surface area (Å²) in [6, 6.07) is 3.43. The van der Waals surface area contributed by atoms with E-state index in [2.05, 4.69) is 9.88 Å². The van der Waals surface area contributed by atoms with E-state index in [1.54, 1.807) is 12.4 Å². The van der Waals surface area contributed by atoms with Gasteiger partial charge in [0.15, 0.2) is 0 Å². The molecule has 0 aliphatic carbocycles. The summed E-state index contributed by atoms with van der Waals surface area (Å²) in [4.78, 5) is 20.2. The van der Waals surface area contributed by atoms with Crippen molar-refractivity contribution in [3.63, 3.8) is 0 Å². The average Bonchev–Trinajstić information content (AvgIpc) is 2.42. The Labute approximate surface area is 115 Å². The van der Waals surface area contributed by atoms with Gasteiger partial charge in [0.2, 0.25) is 5.91 Å². The van der Waals surface area contributed by atoms with E-state index in [1.807, 2.05) is 38.1 Å². The third kappa shape index (κ3) is 5.36. The van der Waals surface area contributed by atoms with Gasteiger partial charge in [0.05, 0.1) is 6.04 Å². The van der Waals surface area contributed by atoms with Crippen LogP contribution in [-0.4, -0.2) is 53.9 Å². The first kappa shape index (κ1) is 15.6. The van der Waals surface area contributed by atoms with Crippen LogP contribution in [0.25, 0.3) is 0 Å². The second-order valence-electron chi connectivity index (χ2n) is 4.94. The zero-order valence-corrected chi connectivity index (χ0v) is 12.0. The van der Waals surface area contributed by atoms with E-state index >= 15 is 0 Å². The van der Waals surface area contributed by atoms with Crippen LogP contribution < -0.4 is 5.73 Å². The number of amides is 1. The Balaban J connectivity index is 2.71. The zero-order chi connectivity index (χ0) is 14.3. The standard InChI is InChI=1S/C14H24N4O/c1-4-13(15)14(19)18(9-8-17(2)3)11-12-6-5-7-16-10-12/h5-7,10,13H,4,8-9,11,15H2,1-3H3. The number of aromatic nitrogens is 1. The van der Waals surface area contributed by atoms with Crippen molar-refractivity contribution in [2.45, 2.75) is 25.9 Å². The molecule has 0 aliphatic heterocycles. The molecule has 5 heteroatoms. The number of pyridine rings is 1. The fraction of sp³-hybridized carbons (Fsp3) is 0.571. The predicted molar refractivity (Wildman–Crippen MR) is 76.5 cm³/mol. The highest BCUT2D eigenvalue weighted by atomic mass is 16.2. The molecule has 1 unspecified atom stereocenters. The normalized spacial score (nSPS) is 12.5. The maximum absolute atomic E-state index is 12.3. The summed E-state index contributed by atoms with van der Waals surface area (Å²) < 4.78 is 0. The minimum absolute atomic E-state index is 0.00760. The molecule has 1 amide bonds. The first-order valence-corrected chi connectivity index (χ1v) is 6.62. The number of nitrogens with two attached hydrogens (primary N) is 1. The SMILES string of the molecule is CCC(N)C(=O)N(CCN(C)C)Cc1cccnc1. The predicted octanol–water partition coefficient (Wildman–Crippen LogP) is 0.709. The van der Waals surface area contributed by atoms with Gasteiger partial charge in [-0.2, -0.15) is 0 Å². The topological polar surface area (TPSA) is 62.5 Å². The molecule has 0 radical (unpaired) electrons. The molecule has 0 fully saturated rings. The summed E-state index contributed by atoms with van der Waals surface area (Å²) in [6.45, 7) is 3.99. The molecule has 1 atom stereocenters. The number of likely N-dealkylation sites (N-methyl/N-ethyl adjacent to an activating group) is 1. The van der Waals surface area contributed by atoms with Gasteiger partial charge in [0.25, 0.3) is 0 Å². The summed E-state index contributed by atoms with van der Waals surface area (Å²) in [5.74, 6) is 0.00760. The van der Waals surface area contributed by atoms with Crippen molar-refractivity contribution in [1.29, 1.82) is 0 Å². The highest BCUT2D eigenvalue weighted by molar-refractivity contribution is 5.81. The highest BCUT2D eigenvalue weighted by Gasteiger charge is 2.19. The van der Waals surface area contributed by atoms with E-state index in [9.17, 15) is 4.79 Å². The Morgan fingerprint density at radius 2 is 2.16 bits per heavy atom. The van der Waals surface area contributed by atoms with Crippen LogP contribution in [0.1, 0.15) is 18.9 Å². The molecular formula is C14H24N4O. The lowest BCUT2D eigenvalue weighted by Crippen LogP contribution is -2.45. The van der Waals surface area contributed by atoms with Gasteiger partial charge in [-0.15, -0.1) is 0 Å². The van der Waals surface area contributed by atoms with Crippen molar-refractivity contribution in [1.82, 2.24) is 14.8 Å². The fourth-order valence-electron chi connectivity index (χ4n) is 1.71. The van der Waals surface area contributed by atoms with E-state index in [0.29, 0.717) is 19.5 Å². The molecule has 0 bridgehead atoms. The van der Waals surface area contributed by atoms with E-state index in [0.717, 1.165) is 12.1 Å². The average molecular weight is 264 g/mol. The molecule has 1 aromatic heterocycles. The van der Waals surface area contributed by atoms with Crippen LogP contribution in [0.2, 0.25) is 0 Å². The molecule has 0 saturated heterocycles. The molecule has 106 valence electrons. The lowest BCUT2D eigenvalue weighted by molar-refractivity contribution is -0.133. The third-order valence-electron chi connectivity index (χ3n) is 2.98. The molecule has 0 aromatic carbocycles. The van der Waals surface area contributed by atoms with Crippen molar-refractivity contribution in [2.75, 3.05) is 27.2 Å². The fourth-order valence-corrected chi connectivity index (χ4v) is 1.71. The Kier molecular flexibility index (Phi) is 6.45. The van der Waals surface area contributed by atoms with Crippen molar-refractivity contribution < 1.29 is 4.79 Å². The molecule has 2 N–H and O–H groups in total. The van der Waals surface area contributed by atoms with Crippen LogP contribution in [0.15, 0.2) is 24.5 Å². The summed E-state index contributed by atoms with van der Waals surface area (Å²) in [6.07, 6.45) is 4.17. The van der Waals surface area contributed by atoms with E-state index < -0.39 is 6.04 Å². The lowest BCUT2D eigenvalue weighted by atomic mass is 10.2. The number of carbonyl (C=O) groups excluding carboxylic acids is 1. The number of hydrogen-bond donors (Lipinski definition) is 1. The molecule has 5 nitrogen and oxygen atoms in total. The first-order valence-electron chi connectivity index (χ1n) is 6.62. The zero-order valence-electron chi connectivity index (χ0n) is 12.0. The number of carbonyl (C=O) groups is 1. The Morgan fingerprint density at radius 3 is 2.68 bits per heavy atom. The van der Waals surface area contributed by atoms with Gasteiger partial charge in [-0.25, -0.2) is 0 Å². The van der Waals surface area contributed by atoms with Crippen LogP contribution >= 0.6 is 0 Å². The van der Waals surface area contributed by atoms with Crippen LogP contribution in [0.3, 0.4) is 0 Å². The molecule has 0 spiro atoms. The first-order chi connectivity index (χ1) is 9.04. The summed E-state index contributed by atoms with van der Waals surface area (Å²) in [5.41, 5.74) is 6.88. The minimum Gasteiger partial charge on any atom is -0.336 e. The molecule has 0 saturated carbocycles. The van der Waals surface area contributed by atoms with Crippen molar-refractivity contribution in [2.24, 2.45) is 5.73 Å². The van der Waals surface area contributed by atoms with Gasteiger partial charge in [-0.05, 0) is 32.1 Å². The lowest BCUT2D eigenvalue weighted by Gasteiger charge is -2.26. The Bertz CT molecular complexity index is 380. The molecule has 1 rings (SSSR count). The number of nitrogens with zero attached hydrogens (tertiary/aromatic N) is 3. The monoisotopic (exact) mass is 264 g/mol. The van der Waals surface area contributed by atoms with Gasteiger partial charge in [-0.3, -0.25) is 9.78 Å². The van der Waals surface area contributed by atoms with E-state index in [1.165, 1.54) is 0 Å². The van der Waals surface area contributed by atoms with Crippen molar-refractivity contribution in [3.05, 3.63) is 30.1 Å². The van der Waals surface area contributed by atoms with E-state index in [4.69, 9.17) is 5.73 Å². The maximum atomic E-state index is 12.3.